The molecule has 3 rings (SSSR count). The SMILES string of the molecule is CCOC(=O)N1CCN(NC(=O)CCN2C(=O)/C(=C\c3ccccc3Cl)SC2=S)CC1. The number of thioether (sulfide) groups is 1. The van der Waals surface area contributed by atoms with Gasteiger partial charge in [0.2, 0.25) is 5.91 Å². The fourth-order valence-corrected chi connectivity index (χ4v) is 4.58. The van der Waals surface area contributed by atoms with Gasteiger partial charge in [0.25, 0.3) is 5.91 Å². The number of benzene rings is 1. The summed E-state index contributed by atoms with van der Waals surface area (Å²) in [7, 11) is 0. The highest BCUT2D eigenvalue weighted by Crippen LogP contribution is 2.33. The Labute approximate surface area is 195 Å². The molecule has 3 amide bonds. The second-order valence-electron chi connectivity index (χ2n) is 6.81. The average molecular weight is 483 g/mol. The first kappa shape index (κ1) is 23.5. The molecule has 0 unspecified atom stereocenters. The molecule has 2 heterocycles. The van der Waals surface area contributed by atoms with Crippen LogP contribution in [0.3, 0.4) is 0 Å². The van der Waals surface area contributed by atoms with Crippen molar-refractivity contribution in [3.63, 3.8) is 0 Å². The predicted molar refractivity (Wildman–Crippen MR) is 124 cm³/mol. The molecule has 166 valence electrons. The molecule has 1 N–H and O–H groups in total. The van der Waals surface area contributed by atoms with Crippen LogP contribution in [0.15, 0.2) is 29.2 Å². The zero-order valence-corrected chi connectivity index (χ0v) is 19.4. The van der Waals surface area contributed by atoms with Gasteiger partial charge in [0.1, 0.15) is 4.32 Å². The molecule has 0 atom stereocenters. The van der Waals surface area contributed by atoms with Crippen molar-refractivity contribution in [2.45, 2.75) is 13.3 Å². The van der Waals surface area contributed by atoms with Crippen LogP contribution in [0.25, 0.3) is 6.08 Å². The molecular formula is C20H23ClN4O4S2. The normalized spacial score (nSPS) is 18.6. The summed E-state index contributed by atoms with van der Waals surface area (Å²) in [6.45, 7) is 4.25. The fourth-order valence-electron chi connectivity index (χ4n) is 3.09. The van der Waals surface area contributed by atoms with Gasteiger partial charge in [-0.2, -0.15) is 0 Å². The third-order valence-electron chi connectivity index (χ3n) is 4.72. The molecule has 2 aliphatic heterocycles. The van der Waals surface area contributed by atoms with Gasteiger partial charge in [0, 0.05) is 44.2 Å². The van der Waals surface area contributed by atoms with Gasteiger partial charge in [-0.1, -0.05) is 53.8 Å². The molecule has 0 aromatic heterocycles. The maximum atomic E-state index is 12.7. The second kappa shape index (κ2) is 10.9. The Hall–Kier alpha value is -2.14. The van der Waals surface area contributed by atoms with Crippen LogP contribution in [-0.4, -0.2) is 76.4 Å². The maximum Gasteiger partial charge on any atom is 0.409 e. The third kappa shape index (κ3) is 6.19. The number of thiocarbonyl (C=S) groups is 1. The van der Waals surface area contributed by atoms with E-state index in [2.05, 4.69) is 5.43 Å². The van der Waals surface area contributed by atoms with Crippen LogP contribution >= 0.6 is 35.6 Å². The summed E-state index contributed by atoms with van der Waals surface area (Å²) in [5, 5.41) is 2.31. The van der Waals surface area contributed by atoms with Crippen LogP contribution in [0.1, 0.15) is 18.9 Å². The van der Waals surface area contributed by atoms with Gasteiger partial charge < -0.3 is 9.64 Å². The van der Waals surface area contributed by atoms with E-state index in [1.165, 1.54) is 16.7 Å². The highest BCUT2D eigenvalue weighted by molar-refractivity contribution is 8.26. The molecule has 8 nitrogen and oxygen atoms in total. The van der Waals surface area contributed by atoms with Crippen molar-refractivity contribution in [1.29, 1.82) is 0 Å². The smallest absolute Gasteiger partial charge is 0.409 e. The molecule has 11 heteroatoms. The summed E-state index contributed by atoms with van der Waals surface area (Å²) >= 11 is 12.7. The number of nitrogens with one attached hydrogen (secondary N) is 1. The Morgan fingerprint density at radius 2 is 1.97 bits per heavy atom. The lowest BCUT2D eigenvalue weighted by Gasteiger charge is -2.34. The molecule has 0 bridgehead atoms. The average Bonchev–Trinajstić information content (AvgIpc) is 3.01. The minimum atomic E-state index is -0.340. The Kier molecular flexibility index (Phi) is 8.30. The van der Waals surface area contributed by atoms with E-state index < -0.39 is 0 Å². The summed E-state index contributed by atoms with van der Waals surface area (Å²) < 4.78 is 5.40. The van der Waals surface area contributed by atoms with E-state index in [1.807, 2.05) is 18.2 Å². The number of hydrazine groups is 1. The molecule has 2 saturated heterocycles. The molecule has 1 aromatic rings. The molecule has 0 aliphatic carbocycles. The molecular weight excluding hydrogens is 460 g/mol. The summed E-state index contributed by atoms with van der Waals surface area (Å²) in [4.78, 5) is 40.3. The second-order valence-corrected chi connectivity index (χ2v) is 8.90. The van der Waals surface area contributed by atoms with Crippen LogP contribution in [0.4, 0.5) is 4.79 Å². The molecule has 0 saturated carbocycles. The van der Waals surface area contributed by atoms with Crippen molar-refractivity contribution in [3.8, 4) is 0 Å². The summed E-state index contributed by atoms with van der Waals surface area (Å²) in [6.07, 6.45) is 1.49. The van der Waals surface area contributed by atoms with Gasteiger partial charge >= 0.3 is 6.09 Å². The molecule has 31 heavy (non-hydrogen) atoms. The topological polar surface area (TPSA) is 82.2 Å². The Bertz CT molecular complexity index is 903. The minimum absolute atomic E-state index is 0.115. The molecule has 0 radical (unpaired) electrons. The zero-order chi connectivity index (χ0) is 22.4. The number of halogens is 1. The van der Waals surface area contributed by atoms with E-state index in [1.54, 1.807) is 29.0 Å². The number of nitrogens with zero attached hydrogens (tertiary/aromatic N) is 3. The van der Waals surface area contributed by atoms with Gasteiger partial charge in [0.05, 0.1) is 11.5 Å². The summed E-state index contributed by atoms with van der Waals surface area (Å²) in [6, 6.07) is 7.24. The highest BCUT2D eigenvalue weighted by Gasteiger charge is 2.32. The van der Waals surface area contributed by atoms with Crippen LogP contribution < -0.4 is 5.43 Å². The van der Waals surface area contributed by atoms with Crippen LogP contribution in [0.2, 0.25) is 5.02 Å². The van der Waals surface area contributed by atoms with E-state index in [-0.39, 0.29) is 30.9 Å². The van der Waals surface area contributed by atoms with E-state index in [0.29, 0.717) is 47.0 Å². The van der Waals surface area contributed by atoms with Crippen LogP contribution in [0.5, 0.6) is 0 Å². The fraction of sp³-hybridized carbons (Fsp3) is 0.400. The van der Waals surface area contributed by atoms with Gasteiger partial charge in [0.15, 0.2) is 0 Å². The number of carbonyl (C=O) groups excluding carboxylic acids is 3. The molecule has 1 aromatic carbocycles. The standard InChI is InChI=1S/C20H23ClN4O4S2/c1-2-29-19(28)23-9-11-24(12-10-23)22-17(26)7-8-25-18(27)16(31-20(25)30)13-14-5-3-4-6-15(14)21/h3-6,13H,2,7-12H2,1H3,(H,22,26)/b16-13+. The van der Waals surface area contributed by atoms with Crippen molar-refractivity contribution in [1.82, 2.24) is 20.2 Å². The predicted octanol–water partition coefficient (Wildman–Crippen LogP) is 2.74. The van der Waals surface area contributed by atoms with Crippen molar-refractivity contribution in [2.75, 3.05) is 39.3 Å². The summed E-state index contributed by atoms with van der Waals surface area (Å²) in [5.41, 5.74) is 3.56. The number of piperazine rings is 1. The number of carbonyl (C=O) groups is 3. The van der Waals surface area contributed by atoms with E-state index in [4.69, 9.17) is 28.6 Å². The zero-order valence-electron chi connectivity index (χ0n) is 17.0. The number of hydrogen-bond acceptors (Lipinski definition) is 7. The van der Waals surface area contributed by atoms with Crippen molar-refractivity contribution < 1.29 is 19.1 Å². The lowest BCUT2D eigenvalue weighted by molar-refractivity contribution is -0.127. The molecule has 2 aliphatic rings. The number of rotatable bonds is 6. The lowest BCUT2D eigenvalue weighted by atomic mass is 10.2. The van der Waals surface area contributed by atoms with E-state index >= 15 is 0 Å². The lowest BCUT2D eigenvalue weighted by Crippen LogP contribution is -2.55. The first-order valence-electron chi connectivity index (χ1n) is 9.85. The Balaban J connectivity index is 1.47. The number of ether oxygens (including phenoxy) is 1. The van der Waals surface area contributed by atoms with Crippen LogP contribution in [0, 0.1) is 0 Å². The number of hydrogen-bond donors (Lipinski definition) is 1. The first-order valence-corrected chi connectivity index (χ1v) is 11.5. The number of amides is 3. The minimum Gasteiger partial charge on any atom is -0.450 e. The van der Waals surface area contributed by atoms with Crippen molar-refractivity contribution >= 4 is 63.9 Å². The first-order chi connectivity index (χ1) is 14.9. The van der Waals surface area contributed by atoms with Gasteiger partial charge in [-0.05, 0) is 24.6 Å². The van der Waals surface area contributed by atoms with E-state index in [0.717, 1.165) is 5.56 Å². The van der Waals surface area contributed by atoms with Crippen molar-refractivity contribution in [3.05, 3.63) is 39.8 Å². The van der Waals surface area contributed by atoms with Crippen LogP contribution in [-0.2, 0) is 14.3 Å². The maximum absolute atomic E-state index is 12.7. The van der Waals surface area contributed by atoms with E-state index in [9.17, 15) is 14.4 Å². The van der Waals surface area contributed by atoms with Crippen molar-refractivity contribution in [2.24, 2.45) is 0 Å². The Morgan fingerprint density at radius 3 is 2.65 bits per heavy atom. The Morgan fingerprint density at radius 1 is 1.26 bits per heavy atom. The highest BCUT2D eigenvalue weighted by atomic mass is 35.5. The van der Waals surface area contributed by atoms with Gasteiger partial charge in [-0.15, -0.1) is 0 Å². The third-order valence-corrected chi connectivity index (χ3v) is 6.44. The largest absolute Gasteiger partial charge is 0.450 e. The van der Waals surface area contributed by atoms with Gasteiger partial charge in [-0.3, -0.25) is 19.9 Å². The van der Waals surface area contributed by atoms with Gasteiger partial charge in [-0.25, -0.2) is 9.80 Å². The molecule has 2 fully saturated rings. The molecule has 0 spiro atoms. The quantitative estimate of drug-likeness (QED) is 0.493. The summed E-state index contributed by atoms with van der Waals surface area (Å²) in [5.74, 6) is -0.445. The monoisotopic (exact) mass is 482 g/mol.